The van der Waals surface area contributed by atoms with E-state index in [0.29, 0.717) is 0 Å². The highest BCUT2D eigenvalue weighted by atomic mass is 16.6. The van der Waals surface area contributed by atoms with Gasteiger partial charge in [0.1, 0.15) is 12.2 Å². The van der Waals surface area contributed by atoms with E-state index < -0.39 is 42.0 Å². The Balaban J connectivity index is 2.52. The first-order valence-corrected chi connectivity index (χ1v) is 5.89. The lowest BCUT2D eigenvalue weighted by Gasteiger charge is -2.23. The zero-order valence-corrected chi connectivity index (χ0v) is 10.9. The molecular weight excluding hydrogens is 286 g/mol. The summed E-state index contributed by atoms with van der Waals surface area (Å²) in [5.41, 5.74) is 5.06. The maximum absolute atomic E-state index is 11.8. The number of aromatic nitrogens is 2. The van der Waals surface area contributed by atoms with Crippen LogP contribution in [0, 0.1) is 6.92 Å². The Morgan fingerprint density at radius 2 is 2.24 bits per heavy atom. The summed E-state index contributed by atoms with van der Waals surface area (Å²) in [7, 11) is 0. The smallest absolute Gasteiger partial charge is 0.330 e. The molecule has 0 spiro atoms. The molecule has 21 heavy (non-hydrogen) atoms. The zero-order chi connectivity index (χ0) is 15.8. The Bertz CT molecular complexity index is 707. The van der Waals surface area contributed by atoms with Crippen molar-refractivity contribution in [3.8, 4) is 0 Å². The Kier molecular flexibility index (Phi) is 3.85. The second kappa shape index (κ2) is 5.31. The monoisotopic (exact) mass is 299 g/mol. The summed E-state index contributed by atoms with van der Waals surface area (Å²) in [6.07, 6.45) is -3.69. The average molecular weight is 299 g/mol. The number of hydrogen-bond acceptors (Lipinski definition) is 7. The summed E-state index contributed by atoms with van der Waals surface area (Å²) in [5.74, 6) is 0. The number of hydrogen-bond donors (Lipinski definition) is 4. The van der Waals surface area contributed by atoms with Gasteiger partial charge in [0.15, 0.2) is 6.23 Å². The van der Waals surface area contributed by atoms with Crippen LogP contribution in [0.2, 0.25) is 0 Å². The first-order valence-electron chi connectivity index (χ1n) is 5.89. The van der Waals surface area contributed by atoms with Crippen molar-refractivity contribution in [2.24, 2.45) is 5.11 Å². The number of azide groups is 1. The van der Waals surface area contributed by atoms with Crippen molar-refractivity contribution in [1.29, 1.82) is 0 Å². The molecule has 0 bridgehead atoms. The minimum absolute atomic E-state index is 0.171. The highest BCUT2D eigenvalue weighted by molar-refractivity contribution is 5.05. The van der Waals surface area contributed by atoms with Gasteiger partial charge in [-0.3, -0.25) is 14.3 Å². The molecule has 1 fully saturated rings. The fourth-order valence-corrected chi connectivity index (χ4v) is 2.09. The van der Waals surface area contributed by atoms with Crippen molar-refractivity contribution in [3.05, 3.63) is 43.0 Å². The summed E-state index contributed by atoms with van der Waals surface area (Å²) in [4.78, 5) is 27.5. The minimum atomic E-state index is -2.11. The number of aryl methyl sites for hydroxylation is 1. The van der Waals surface area contributed by atoms with Gasteiger partial charge in [0.2, 0.25) is 5.72 Å². The summed E-state index contributed by atoms with van der Waals surface area (Å²) in [5, 5.41) is 32.3. The van der Waals surface area contributed by atoms with Crippen molar-refractivity contribution >= 4 is 0 Å². The Hall–Kier alpha value is -2.17. The second-order valence-electron chi connectivity index (χ2n) is 4.61. The van der Waals surface area contributed by atoms with Crippen LogP contribution in [0.1, 0.15) is 11.8 Å². The highest BCUT2D eigenvalue weighted by Gasteiger charge is 2.54. The number of nitrogens with zero attached hydrogens (tertiary/aromatic N) is 4. The lowest BCUT2D eigenvalue weighted by atomic mass is 10.1. The normalized spacial score (nSPS) is 31.9. The van der Waals surface area contributed by atoms with Gasteiger partial charge in [-0.15, -0.1) is 0 Å². The average Bonchev–Trinajstić information content (AvgIpc) is 2.69. The summed E-state index contributed by atoms with van der Waals surface area (Å²) in [6.45, 7) is 0.530. The van der Waals surface area contributed by atoms with Gasteiger partial charge in [-0.2, -0.15) is 0 Å². The van der Waals surface area contributed by atoms with Crippen LogP contribution in [0.25, 0.3) is 10.4 Å². The van der Waals surface area contributed by atoms with Crippen LogP contribution in [0.4, 0.5) is 0 Å². The van der Waals surface area contributed by atoms with E-state index in [2.05, 4.69) is 10.0 Å². The molecule has 11 nitrogen and oxygen atoms in total. The predicted octanol–water partition coefficient (Wildman–Crippen LogP) is -1.91. The lowest BCUT2D eigenvalue weighted by molar-refractivity contribution is -0.125. The third kappa shape index (κ3) is 2.33. The molecule has 0 radical (unpaired) electrons. The molecule has 1 aliphatic rings. The topological polar surface area (TPSA) is 174 Å². The number of rotatable bonds is 3. The molecule has 0 amide bonds. The van der Waals surface area contributed by atoms with E-state index in [4.69, 9.17) is 10.3 Å². The molecule has 1 aromatic heterocycles. The predicted molar refractivity (Wildman–Crippen MR) is 67.2 cm³/mol. The maximum Gasteiger partial charge on any atom is 0.330 e. The summed E-state index contributed by atoms with van der Waals surface area (Å²) in [6, 6.07) is 0. The molecule has 2 heterocycles. The largest absolute Gasteiger partial charge is 0.393 e. The standard InChI is InChI=1S/C10H13N5O6/c1-4-2-15(9(20)12-7(4)19)8-5(17)6(18)10(3-16,21-8)13-14-11/h2,5-6,8,16-18H,3H2,1H3,(H,12,19,20)/t5?,6?,8-,10-/m1/s1. The van der Waals surface area contributed by atoms with Crippen molar-refractivity contribution in [3.63, 3.8) is 0 Å². The molecule has 1 saturated heterocycles. The van der Waals surface area contributed by atoms with E-state index in [0.717, 1.165) is 10.8 Å². The Morgan fingerprint density at radius 3 is 2.81 bits per heavy atom. The van der Waals surface area contributed by atoms with Crippen LogP contribution < -0.4 is 11.2 Å². The number of aliphatic hydroxyl groups excluding tert-OH is 3. The molecule has 4 N–H and O–H groups in total. The van der Waals surface area contributed by atoms with Gasteiger partial charge in [-0.05, 0) is 12.5 Å². The molecule has 11 heteroatoms. The molecule has 0 aromatic carbocycles. The Labute approximate surface area is 116 Å². The molecule has 4 atom stereocenters. The molecular formula is C10H13N5O6. The molecule has 0 saturated carbocycles. The van der Waals surface area contributed by atoms with Gasteiger partial charge < -0.3 is 20.1 Å². The quantitative estimate of drug-likeness (QED) is 0.288. The van der Waals surface area contributed by atoms with E-state index in [1.165, 1.54) is 6.92 Å². The molecule has 114 valence electrons. The number of aliphatic hydroxyl groups is 3. The van der Waals surface area contributed by atoms with Crippen LogP contribution in [-0.2, 0) is 4.74 Å². The highest BCUT2D eigenvalue weighted by Crippen LogP contribution is 2.37. The van der Waals surface area contributed by atoms with Gasteiger partial charge in [0.25, 0.3) is 5.56 Å². The zero-order valence-electron chi connectivity index (χ0n) is 10.9. The first-order chi connectivity index (χ1) is 9.86. The van der Waals surface area contributed by atoms with E-state index in [-0.39, 0.29) is 5.56 Å². The molecule has 1 aliphatic heterocycles. The third-order valence-corrected chi connectivity index (χ3v) is 3.26. The van der Waals surface area contributed by atoms with E-state index in [1.54, 1.807) is 0 Å². The Morgan fingerprint density at radius 1 is 1.57 bits per heavy atom. The summed E-state index contributed by atoms with van der Waals surface area (Å²) < 4.78 is 6.04. The van der Waals surface area contributed by atoms with E-state index >= 15 is 0 Å². The van der Waals surface area contributed by atoms with Crippen molar-refractivity contribution < 1.29 is 20.1 Å². The van der Waals surface area contributed by atoms with Gasteiger partial charge >= 0.3 is 5.69 Å². The van der Waals surface area contributed by atoms with Crippen LogP contribution in [0.5, 0.6) is 0 Å². The van der Waals surface area contributed by atoms with Crippen LogP contribution in [0.3, 0.4) is 0 Å². The molecule has 2 unspecified atom stereocenters. The number of ether oxygens (including phenoxy) is 1. The number of nitrogens with one attached hydrogen (secondary N) is 1. The van der Waals surface area contributed by atoms with Crippen molar-refractivity contribution in [2.75, 3.05) is 6.61 Å². The molecule has 2 rings (SSSR count). The second-order valence-corrected chi connectivity index (χ2v) is 4.61. The molecule has 0 aliphatic carbocycles. The number of H-pyrrole nitrogens is 1. The van der Waals surface area contributed by atoms with Gasteiger partial charge in [0.05, 0.1) is 6.61 Å². The van der Waals surface area contributed by atoms with Gasteiger partial charge in [-0.1, -0.05) is 5.11 Å². The maximum atomic E-state index is 11.8. The number of aromatic amines is 1. The van der Waals surface area contributed by atoms with E-state index in [9.17, 15) is 24.9 Å². The van der Waals surface area contributed by atoms with Crippen LogP contribution in [-0.4, -0.2) is 49.4 Å². The SMILES string of the molecule is Cc1cn([C@@H]2O[C@@](CO)(N=[N+]=[N-])C(O)C2O)c(=O)[nH]c1=O. The van der Waals surface area contributed by atoms with Crippen LogP contribution >= 0.6 is 0 Å². The minimum Gasteiger partial charge on any atom is -0.393 e. The van der Waals surface area contributed by atoms with Crippen molar-refractivity contribution in [2.45, 2.75) is 31.1 Å². The molecule has 1 aromatic rings. The summed E-state index contributed by atoms with van der Waals surface area (Å²) >= 11 is 0. The fourth-order valence-electron chi connectivity index (χ4n) is 2.09. The van der Waals surface area contributed by atoms with Crippen LogP contribution in [0.15, 0.2) is 20.9 Å². The fraction of sp³-hybridized carbons (Fsp3) is 0.600. The van der Waals surface area contributed by atoms with Gasteiger partial charge in [0, 0.05) is 16.7 Å². The van der Waals surface area contributed by atoms with Crippen molar-refractivity contribution in [1.82, 2.24) is 9.55 Å². The first kappa shape index (κ1) is 15.2. The lowest BCUT2D eigenvalue weighted by Crippen LogP contribution is -2.44. The van der Waals surface area contributed by atoms with Gasteiger partial charge in [-0.25, -0.2) is 4.79 Å². The van der Waals surface area contributed by atoms with E-state index in [1.807, 2.05) is 4.98 Å². The third-order valence-electron chi connectivity index (χ3n) is 3.26.